The highest BCUT2D eigenvalue weighted by atomic mass is 16.7. The normalized spacial score (nSPS) is 13.8. The zero-order valence-electron chi connectivity index (χ0n) is 10.8. The number of aliphatic carboxylic acids is 1. The zero-order valence-corrected chi connectivity index (χ0v) is 10.8. The van der Waals surface area contributed by atoms with Gasteiger partial charge in [0.05, 0.1) is 12.5 Å². The number of hydrogen-bond donors (Lipinski definition) is 2. The number of hydrogen-bond acceptors (Lipinski definition) is 5. The van der Waals surface area contributed by atoms with E-state index in [0.29, 0.717) is 23.6 Å². The summed E-state index contributed by atoms with van der Waals surface area (Å²) < 4.78 is 10.4. The van der Waals surface area contributed by atoms with Crippen LogP contribution in [0.4, 0.5) is 0 Å². The molecule has 0 saturated heterocycles. The molecule has 0 bridgehead atoms. The van der Waals surface area contributed by atoms with Gasteiger partial charge in [-0.1, -0.05) is 6.08 Å². The van der Waals surface area contributed by atoms with Crippen LogP contribution in [0.3, 0.4) is 0 Å². The molecule has 1 aromatic carbocycles. The fourth-order valence-corrected chi connectivity index (χ4v) is 1.91. The van der Waals surface area contributed by atoms with E-state index in [2.05, 4.69) is 11.9 Å². The fourth-order valence-electron chi connectivity index (χ4n) is 1.91. The average molecular weight is 277 g/mol. The molecule has 106 valence electrons. The summed E-state index contributed by atoms with van der Waals surface area (Å²) in [5.74, 6) is -0.266. The van der Waals surface area contributed by atoms with Gasteiger partial charge in [0.1, 0.15) is 0 Å². The first-order valence-corrected chi connectivity index (χ1v) is 6.11. The van der Waals surface area contributed by atoms with Crippen molar-refractivity contribution in [1.82, 2.24) is 5.32 Å². The third-order valence-electron chi connectivity index (χ3n) is 2.86. The molecule has 20 heavy (non-hydrogen) atoms. The summed E-state index contributed by atoms with van der Waals surface area (Å²) in [7, 11) is 0. The van der Waals surface area contributed by atoms with Gasteiger partial charge in [-0.15, -0.1) is 6.58 Å². The first-order chi connectivity index (χ1) is 9.61. The van der Waals surface area contributed by atoms with E-state index in [-0.39, 0.29) is 19.0 Å². The van der Waals surface area contributed by atoms with Crippen LogP contribution in [0, 0.1) is 0 Å². The Morgan fingerprint density at radius 1 is 1.40 bits per heavy atom. The van der Waals surface area contributed by atoms with E-state index in [4.69, 9.17) is 14.6 Å². The predicted octanol–water partition coefficient (Wildman–Crippen LogP) is 1.22. The minimum Gasteiger partial charge on any atom is -0.481 e. The van der Waals surface area contributed by atoms with Crippen LogP contribution in [0.15, 0.2) is 30.9 Å². The van der Waals surface area contributed by atoms with Gasteiger partial charge in [0.2, 0.25) is 6.79 Å². The molecule has 1 heterocycles. The number of ketones is 1. The Labute approximate surface area is 116 Å². The van der Waals surface area contributed by atoms with Crippen LogP contribution >= 0.6 is 0 Å². The number of ether oxygens (including phenoxy) is 2. The average Bonchev–Trinajstić information content (AvgIpc) is 2.89. The van der Waals surface area contributed by atoms with Crippen LogP contribution in [-0.2, 0) is 4.79 Å². The molecule has 0 amide bonds. The van der Waals surface area contributed by atoms with Crippen molar-refractivity contribution in [1.29, 1.82) is 0 Å². The van der Waals surface area contributed by atoms with E-state index in [1.54, 1.807) is 24.3 Å². The third kappa shape index (κ3) is 3.16. The summed E-state index contributed by atoms with van der Waals surface area (Å²) in [5.41, 5.74) is 0.386. The molecule has 2 rings (SSSR count). The Morgan fingerprint density at radius 3 is 2.85 bits per heavy atom. The van der Waals surface area contributed by atoms with E-state index >= 15 is 0 Å². The van der Waals surface area contributed by atoms with Crippen molar-refractivity contribution in [2.24, 2.45) is 0 Å². The van der Waals surface area contributed by atoms with E-state index in [1.165, 1.54) is 0 Å². The fraction of sp³-hybridized carbons (Fsp3) is 0.286. The highest BCUT2D eigenvalue weighted by molar-refractivity contribution is 6.02. The van der Waals surface area contributed by atoms with E-state index < -0.39 is 12.0 Å². The van der Waals surface area contributed by atoms with Gasteiger partial charge in [-0.05, 0) is 18.2 Å². The molecule has 0 aliphatic carbocycles. The van der Waals surface area contributed by atoms with Crippen molar-refractivity contribution in [3.05, 3.63) is 36.4 Å². The zero-order chi connectivity index (χ0) is 14.5. The minimum absolute atomic E-state index is 0.125. The molecule has 1 atom stereocenters. The lowest BCUT2D eigenvalue weighted by atomic mass is 10.0. The molecule has 1 aliphatic heterocycles. The third-order valence-corrected chi connectivity index (χ3v) is 2.86. The molecular formula is C14H15NO5. The molecule has 0 aromatic heterocycles. The van der Waals surface area contributed by atoms with Gasteiger partial charge >= 0.3 is 5.97 Å². The monoisotopic (exact) mass is 277 g/mol. The number of carboxylic acid groups (broad SMARTS) is 1. The van der Waals surface area contributed by atoms with Crippen LogP contribution < -0.4 is 14.8 Å². The van der Waals surface area contributed by atoms with Crippen LogP contribution in [-0.4, -0.2) is 36.2 Å². The topological polar surface area (TPSA) is 84.9 Å². The Morgan fingerprint density at radius 2 is 2.15 bits per heavy atom. The second-order valence-corrected chi connectivity index (χ2v) is 4.28. The molecule has 6 heteroatoms. The number of rotatable bonds is 7. The van der Waals surface area contributed by atoms with Crippen LogP contribution in [0.2, 0.25) is 0 Å². The quantitative estimate of drug-likeness (QED) is 0.576. The number of Topliss-reactive ketones (excluding diaryl/α,β-unsaturated/α-hetero) is 1. The van der Waals surface area contributed by atoms with E-state index in [1.807, 2.05) is 0 Å². The SMILES string of the molecule is C=CCNC(CC(=O)O)C(=O)c1ccc2c(c1)OCO2. The van der Waals surface area contributed by atoms with Gasteiger partial charge in [0, 0.05) is 12.1 Å². The summed E-state index contributed by atoms with van der Waals surface area (Å²) in [5, 5.41) is 11.7. The molecule has 2 N–H and O–H groups in total. The Hall–Kier alpha value is -2.34. The molecule has 0 saturated carbocycles. The van der Waals surface area contributed by atoms with Gasteiger partial charge in [-0.25, -0.2) is 0 Å². The lowest BCUT2D eigenvalue weighted by molar-refractivity contribution is -0.137. The maximum atomic E-state index is 12.3. The number of fused-ring (bicyclic) bond motifs is 1. The number of carbonyl (C=O) groups is 2. The van der Waals surface area contributed by atoms with Gasteiger partial charge in [-0.2, -0.15) is 0 Å². The van der Waals surface area contributed by atoms with Gasteiger partial charge in [-0.3, -0.25) is 9.59 Å². The first kappa shape index (κ1) is 14.1. The highest BCUT2D eigenvalue weighted by Crippen LogP contribution is 2.32. The molecule has 0 fully saturated rings. The largest absolute Gasteiger partial charge is 0.481 e. The number of carbonyl (C=O) groups excluding carboxylic acids is 1. The van der Waals surface area contributed by atoms with Crippen molar-refractivity contribution in [2.45, 2.75) is 12.5 Å². The second-order valence-electron chi connectivity index (χ2n) is 4.28. The summed E-state index contributed by atoms with van der Waals surface area (Å²) in [6.45, 7) is 4.01. The van der Waals surface area contributed by atoms with E-state index in [9.17, 15) is 9.59 Å². The first-order valence-electron chi connectivity index (χ1n) is 6.11. The van der Waals surface area contributed by atoms with Crippen molar-refractivity contribution >= 4 is 11.8 Å². The van der Waals surface area contributed by atoms with Crippen LogP contribution in [0.25, 0.3) is 0 Å². The molecule has 0 spiro atoms. The van der Waals surface area contributed by atoms with Crippen molar-refractivity contribution < 1.29 is 24.2 Å². The maximum Gasteiger partial charge on any atom is 0.305 e. The molecule has 1 aliphatic rings. The number of nitrogens with one attached hydrogen (secondary N) is 1. The summed E-state index contributed by atoms with van der Waals surface area (Å²) in [4.78, 5) is 23.2. The Balaban J connectivity index is 2.17. The molecule has 1 aromatic rings. The second kappa shape index (κ2) is 6.21. The molecule has 6 nitrogen and oxygen atoms in total. The van der Waals surface area contributed by atoms with Crippen LogP contribution in [0.1, 0.15) is 16.8 Å². The standard InChI is InChI=1S/C14H15NO5/c1-2-5-15-10(7-13(16)17)14(18)9-3-4-11-12(6-9)20-8-19-11/h2-4,6,10,15H,1,5,7-8H2,(H,16,17). The lowest BCUT2D eigenvalue weighted by Crippen LogP contribution is -2.38. The van der Waals surface area contributed by atoms with Gasteiger partial charge in [0.15, 0.2) is 17.3 Å². The van der Waals surface area contributed by atoms with Crippen LogP contribution in [0.5, 0.6) is 11.5 Å². The number of benzene rings is 1. The molecular weight excluding hydrogens is 262 g/mol. The van der Waals surface area contributed by atoms with Crippen molar-refractivity contribution in [2.75, 3.05) is 13.3 Å². The Bertz CT molecular complexity index is 540. The molecule has 0 radical (unpaired) electrons. The highest BCUT2D eigenvalue weighted by Gasteiger charge is 2.24. The minimum atomic E-state index is -1.04. The lowest BCUT2D eigenvalue weighted by Gasteiger charge is -2.14. The summed E-state index contributed by atoms with van der Waals surface area (Å²) in [6, 6.07) is 4.00. The predicted molar refractivity (Wildman–Crippen MR) is 71.1 cm³/mol. The van der Waals surface area contributed by atoms with Crippen molar-refractivity contribution in [3.63, 3.8) is 0 Å². The maximum absolute atomic E-state index is 12.3. The van der Waals surface area contributed by atoms with E-state index in [0.717, 1.165) is 0 Å². The summed E-state index contributed by atoms with van der Waals surface area (Å²) in [6.07, 6.45) is 1.28. The number of carboxylic acids is 1. The van der Waals surface area contributed by atoms with Crippen molar-refractivity contribution in [3.8, 4) is 11.5 Å². The Kier molecular flexibility index (Phi) is 4.37. The van der Waals surface area contributed by atoms with Gasteiger partial charge < -0.3 is 19.9 Å². The summed E-state index contributed by atoms with van der Waals surface area (Å²) >= 11 is 0. The molecule has 1 unspecified atom stereocenters. The smallest absolute Gasteiger partial charge is 0.305 e. The van der Waals surface area contributed by atoms with Gasteiger partial charge in [0.25, 0.3) is 0 Å².